The van der Waals surface area contributed by atoms with Gasteiger partial charge >= 0.3 is 0 Å². The lowest BCUT2D eigenvalue weighted by Gasteiger charge is -2.31. The average Bonchev–Trinajstić information content (AvgIpc) is 2.53. The molecular weight excluding hydrogens is 304 g/mol. The van der Waals surface area contributed by atoms with Crippen molar-refractivity contribution in [1.29, 1.82) is 0 Å². The third kappa shape index (κ3) is 4.01. The lowest BCUT2D eigenvalue weighted by atomic mass is 10.2. The number of hydrogen-bond acceptors (Lipinski definition) is 4. The molecule has 0 amide bonds. The van der Waals surface area contributed by atoms with Crippen molar-refractivity contribution in [3.05, 3.63) is 29.8 Å². The second kappa shape index (κ2) is 7.32. The van der Waals surface area contributed by atoms with Crippen molar-refractivity contribution in [2.24, 2.45) is 5.73 Å². The average molecular weight is 324 g/mol. The van der Waals surface area contributed by atoms with Crippen LogP contribution in [0.1, 0.15) is 18.9 Å². The fourth-order valence-corrected chi connectivity index (χ4v) is 5.05. The van der Waals surface area contributed by atoms with Crippen LogP contribution in [0.3, 0.4) is 0 Å². The minimum absolute atomic E-state index is 0.296. The van der Waals surface area contributed by atoms with Crippen molar-refractivity contribution in [1.82, 2.24) is 4.31 Å². The highest BCUT2D eigenvalue weighted by atomic mass is 32.2. The maximum absolute atomic E-state index is 12.6. The van der Waals surface area contributed by atoms with E-state index in [1.807, 2.05) is 11.8 Å². The molecule has 1 unspecified atom stereocenters. The quantitative estimate of drug-likeness (QED) is 0.856. The molecule has 21 heavy (non-hydrogen) atoms. The SMILES string of the molecule is CCC1CN(S(=O)(=O)c2ccc(C#CCN)cc2)CCS1. The monoisotopic (exact) mass is 324 g/mol. The summed E-state index contributed by atoms with van der Waals surface area (Å²) in [6.07, 6.45) is 0.990. The summed E-state index contributed by atoms with van der Waals surface area (Å²) in [6, 6.07) is 6.70. The second-order valence-electron chi connectivity index (χ2n) is 4.79. The molecule has 1 saturated heterocycles. The van der Waals surface area contributed by atoms with Gasteiger partial charge in [-0.3, -0.25) is 0 Å². The molecule has 0 spiro atoms. The van der Waals surface area contributed by atoms with Gasteiger partial charge in [-0.05, 0) is 30.7 Å². The molecule has 6 heteroatoms. The van der Waals surface area contributed by atoms with Gasteiger partial charge in [0.15, 0.2) is 0 Å². The minimum atomic E-state index is -3.40. The molecule has 114 valence electrons. The predicted octanol–water partition coefficient (Wildman–Crippen LogP) is 1.51. The Kier molecular flexibility index (Phi) is 5.71. The highest BCUT2D eigenvalue weighted by Gasteiger charge is 2.29. The summed E-state index contributed by atoms with van der Waals surface area (Å²) in [5.41, 5.74) is 6.10. The Balaban J connectivity index is 2.19. The van der Waals surface area contributed by atoms with Crippen LogP contribution >= 0.6 is 11.8 Å². The van der Waals surface area contributed by atoms with E-state index in [9.17, 15) is 8.42 Å². The van der Waals surface area contributed by atoms with E-state index in [4.69, 9.17) is 5.73 Å². The minimum Gasteiger partial charge on any atom is -0.320 e. The summed E-state index contributed by atoms with van der Waals surface area (Å²) < 4.78 is 26.9. The number of benzene rings is 1. The van der Waals surface area contributed by atoms with E-state index in [0.717, 1.165) is 17.7 Å². The molecule has 1 fully saturated rings. The number of rotatable bonds is 3. The van der Waals surface area contributed by atoms with E-state index >= 15 is 0 Å². The first kappa shape index (κ1) is 16.4. The van der Waals surface area contributed by atoms with Crippen LogP contribution in [0.15, 0.2) is 29.2 Å². The maximum Gasteiger partial charge on any atom is 0.243 e. The van der Waals surface area contributed by atoms with Crippen LogP contribution < -0.4 is 5.73 Å². The lowest BCUT2D eigenvalue weighted by Crippen LogP contribution is -2.41. The molecule has 1 aliphatic heterocycles. The Morgan fingerprint density at radius 2 is 2.10 bits per heavy atom. The van der Waals surface area contributed by atoms with Crippen LogP contribution in [-0.2, 0) is 10.0 Å². The topological polar surface area (TPSA) is 63.4 Å². The van der Waals surface area contributed by atoms with Crippen molar-refractivity contribution in [3.63, 3.8) is 0 Å². The van der Waals surface area contributed by atoms with Gasteiger partial charge in [0.1, 0.15) is 0 Å². The number of nitrogens with two attached hydrogens (primary N) is 1. The van der Waals surface area contributed by atoms with E-state index in [2.05, 4.69) is 18.8 Å². The van der Waals surface area contributed by atoms with Gasteiger partial charge in [0.05, 0.1) is 11.4 Å². The number of sulfonamides is 1. The fourth-order valence-electron chi connectivity index (χ4n) is 2.17. The van der Waals surface area contributed by atoms with Gasteiger partial charge in [0, 0.05) is 29.7 Å². The van der Waals surface area contributed by atoms with E-state index < -0.39 is 10.0 Å². The van der Waals surface area contributed by atoms with E-state index in [1.54, 1.807) is 28.6 Å². The molecule has 1 aromatic rings. The summed E-state index contributed by atoms with van der Waals surface area (Å²) in [7, 11) is -3.40. The molecule has 1 heterocycles. The van der Waals surface area contributed by atoms with Gasteiger partial charge in [-0.15, -0.1) is 0 Å². The Hall–Kier alpha value is -1.00. The first-order valence-corrected chi connectivity index (χ1v) is 9.47. The zero-order valence-electron chi connectivity index (χ0n) is 12.1. The van der Waals surface area contributed by atoms with Gasteiger partial charge in [0.25, 0.3) is 0 Å². The second-order valence-corrected chi connectivity index (χ2v) is 8.14. The van der Waals surface area contributed by atoms with E-state index in [-0.39, 0.29) is 0 Å². The summed E-state index contributed by atoms with van der Waals surface area (Å²) in [5.74, 6) is 6.51. The Labute approximate surface area is 131 Å². The van der Waals surface area contributed by atoms with Crippen LogP contribution in [0.5, 0.6) is 0 Å². The van der Waals surface area contributed by atoms with Crippen molar-refractivity contribution in [3.8, 4) is 11.8 Å². The summed E-state index contributed by atoms with van der Waals surface area (Å²) in [5, 5.41) is 0.392. The molecular formula is C15H20N2O2S2. The zero-order chi connectivity index (χ0) is 15.3. The smallest absolute Gasteiger partial charge is 0.243 e. The molecule has 1 aromatic carbocycles. The van der Waals surface area contributed by atoms with Crippen molar-refractivity contribution in [2.75, 3.05) is 25.4 Å². The highest BCUT2D eigenvalue weighted by Crippen LogP contribution is 2.26. The first-order chi connectivity index (χ1) is 10.1. The standard InChI is InChI=1S/C15H20N2O2S2/c1-2-14-12-17(10-11-20-14)21(18,19)15-7-5-13(6-8-15)4-3-9-16/h5-8,14H,2,9-12,16H2,1H3. The summed E-state index contributed by atoms with van der Waals surface area (Å²) in [6.45, 7) is 3.57. The number of thioether (sulfide) groups is 1. The molecule has 0 radical (unpaired) electrons. The molecule has 0 saturated carbocycles. The first-order valence-electron chi connectivity index (χ1n) is 6.98. The Morgan fingerprint density at radius 3 is 2.71 bits per heavy atom. The van der Waals surface area contributed by atoms with Gasteiger partial charge < -0.3 is 5.73 Å². The highest BCUT2D eigenvalue weighted by molar-refractivity contribution is 8.00. The fraction of sp³-hybridized carbons (Fsp3) is 0.467. The van der Waals surface area contributed by atoms with Crippen LogP contribution in [-0.4, -0.2) is 43.4 Å². The third-order valence-electron chi connectivity index (χ3n) is 3.38. The Bertz CT molecular complexity index is 630. The van der Waals surface area contributed by atoms with Crippen LogP contribution in [0, 0.1) is 11.8 Å². The lowest BCUT2D eigenvalue weighted by molar-refractivity contribution is 0.416. The van der Waals surface area contributed by atoms with E-state index in [0.29, 0.717) is 29.8 Å². The van der Waals surface area contributed by atoms with Crippen LogP contribution in [0.2, 0.25) is 0 Å². The number of nitrogens with zero attached hydrogens (tertiary/aromatic N) is 1. The third-order valence-corrected chi connectivity index (χ3v) is 6.64. The molecule has 2 rings (SSSR count). The maximum atomic E-state index is 12.6. The van der Waals surface area contributed by atoms with Crippen molar-refractivity contribution < 1.29 is 8.42 Å². The zero-order valence-corrected chi connectivity index (χ0v) is 13.7. The van der Waals surface area contributed by atoms with Crippen LogP contribution in [0.4, 0.5) is 0 Å². The number of hydrogen-bond donors (Lipinski definition) is 1. The van der Waals surface area contributed by atoms with Crippen LogP contribution in [0.25, 0.3) is 0 Å². The van der Waals surface area contributed by atoms with Gasteiger partial charge in [-0.2, -0.15) is 16.1 Å². The normalized spacial score (nSPS) is 19.8. The van der Waals surface area contributed by atoms with Crippen molar-refractivity contribution in [2.45, 2.75) is 23.5 Å². The summed E-state index contributed by atoms with van der Waals surface area (Å²) >= 11 is 1.85. The van der Waals surface area contributed by atoms with E-state index in [1.165, 1.54) is 0 Å². The van der Waals surface area contributed by atoms with Gasteiger partial charge in [-0.25, -0.2) is 8.42 Å². The largest absolute Gasteiger partial charge is 0.320 e. The molecule has 4 nitrogen and oxygen atoms in total. The van der Waals surface area contributed by atoms with Gasteiger partial charge in [-0.1, -0.05) is 18.8 Å². The molecule has 0 aromatic heterocycles. The molecule has 0 bridgehead atoms. The van der Waals surface area contributed by atoms with Crippen molar-refractivity contribution >= 4 is 21.8 Å². The molecule has 1 aliphatic rings. The summed E-state index contributed by atoms with van der Waals surface area (Å²) in [4.78, 5) is 0.336. The Morgan fingerprint density at radius 1 is 1.38 bits per heavy atom. The van der Waals surface area contributed by atoms with Gasteiger partial charge in [0.2, 0.25) is 10.0 Å². The molecule has 0 aliphatic carbocycles. The molecule has 1 atom stereocenters. The predicted molar refractivity (Wildman–Crippen MR) is 87.7 cm³/mol. The molecule has 2 N–H and O–H groups in total.